The number of rotatable bonds is 6. The Hall–Kier alpha value is -1.90. The average Bonchev–Trinajstić information content (AvgIpc) is 3.03. The van der Waals surface area contributed by atoms with Crippen LogP contribution in [-0.4, -0.2) is 60.1 Å². The Morgan fingerprint density at radius 3 is 2.75 bits per heavy atom. The van der Waals surface area contributed by atoms with Gasteiger partial charge in [0, 0.05) is 41.8 Å². The van der Waals surface area contributed by atoms with Crippen LogP contribution >= 0.6 is 11.8 Å². The molecule has 3 aliphatic heterocycles. The SMILES string of the molecule is O=C1CCC(N2Cc3c(SCCNC4CCNCC4)cccc3C2=O)C(=O)N1. The average molecular weight is 403 g/mol. The number of nitrogens with one attached hydrogen (secondary N) is 3. The first-order chi connectivity index (χ1) is 13.6. The lowest BCUT2D eigenvalue weighted by molar-refractivity contribution is -0.136. The third-order valence-electron chi connectivity index (χ3n) is 5.67. The van der Waals surface area contributed by atoms with Gasteiger partial charge in [0.15, 0.2) is 0 Å². The molecule has 3 amide bonds. The smallest absolute Gasteiger partial charge is 0.255 e. The van der Waals surface area contributed by atoms with E-state index < -0.39 is 6.04 Å². The van der Waals surface area contributed by atoms with Crippen molar-refractivity contribution < 1.29 is 14.4 Å². The molecule has 0 bridgehead atoms. The van der Waals surface area contributed by atoms with Crippen LogP contribution in [0.4, 0.5) is 0 Å². The normalized spacial score (nSPS) is 23.1. The van der Waals surface area contributed by atoms with Crippen LogP contribution < -0.4 is 16.0 Å². The van der Waals surface area contributed by atoms with Crippen LogP contribution in [0, 0.1) is 0 Å². The Labute approximate surface area is 169 Å². The van der Waals surface area contributed by atoms with Crippen molar-refractivity contribution in [3.8, 4) is 0 Å². The zero-order valence-corrected chi connectivity index (χ0v) is 16.6. The van der Waals surface area contributed by atoms with Gasteiger partial charge in [-0.3, -0.25) is 19.7 Å². The van der Waals surface area contributed by atoms with Gasteiger partial charge in [-0.15, -0.1) is 11.8 Å². The number of amides is 3. The number of fused-ring (bicyclic) bond motifs is 1. The lowest BCUT2D eigenvalue weighted by Crippen LogP contribution is -2.52. The second-order valence-corrected chi connectivity index (χ2v) is 8.65. The number of benzene rings is 1. The largest absolute Gasteiger partial charge is 0.322 e. The van der Waals surface area contributed by atoms with Gasteiger partial charge in [-0.2, -0.15) is 0 Å². The quantitative estimate of drug-likeness (QED) is 0.372. The van der Waals surface area contributed by atoms with Crippen LogP contribution in [0.1, 0.15) is 41.6 Å². The summed E-state index contributed by atoms with van der Waals surface area (Å²) in [6.45, 7) is 3.53. The van der Waals surface area contributed by atoms with Gasteiger partial charge in [-0.1, -0.05) is 6.07 Å². The third kappa shape index (κ3) is 4.09. The van der Waals surface area contributed by atoms with E-state index in [1.165, 1.54) is 12.8 Å². The molecular formula is C20H26N4O3S. The topological polar surface area (TPSA) is 90.5 Å². The van der Waals surface area contributed by atoms with Crippen LogP contribution in [-0.2, 0) is 16.1 Å². The predicted molar refractivity (Wildman–Crippen MR) is 107 cm³/mol. The van der Waals surface area contributed by atoms with Crippen LogP contribution in [0.25, 0.3) is 0 Å². The summed E-state index contributed by atoms with van der Waals surface area (Å²) in [7, 11) is 0. The molecule has 3 heterocycles. The highest BCUT2D eigenvalue weighted by Gasteiger charge is 2.39. The van der Waals surface area contributed by atoms with Crippen molar-refractivity contribution in [1.29, 1.82) is 0 Å². The lowest BCUT2D eigenvalue weighted by atomic mass is 10.0. The molecule has 0 aliphatic carbocycles. The van der Waals surface area contributed by atoms with Gasteiger partial charge in [0.1, 0.15) is 6.04 Å². The molecular weight excluding hydrogens is 376 g/mol. The van der Waals surface area contributed by atoms with E-state index >= 15 is 0 Å². The van der Waals surface area contributed by atoms with Crippen molar-refractivity contribution in [2.24, 2.45) is 0 Å². The Bertz CT molecular complexity index is 779. The molecule has 150 valence electrons. The Morgan fingerprint density at radius 2 is 1.96 bits per heavy atom. The summed E-state index contributed by atoms with van der Waals surface area (Å²) in [5, 5.41) is 9.34. The van der Waals surface area contributed by atoms with E-state index in [2.05, 4.69) is 22.0 Å². The highest BCUT2D eigenvalue weighted by Crippen LogP contribution is 2.34. The minimum absolute atomic E-state index is 0.111. The van der Waals surface area contributed by atoms with E-state index in [1.54, 1.807) is 16.7 Å². The molecule has 2 saturated heterocycles. The monoisotopic (exact) mass is 402 g/mol. The molecule has 7 nitrogen and oxygen atoms in total. The standard InChI is InChI=1S/C20H26N4O3S/c25-18-5-4-16(19(26)23-18)24-12-15-14(20(24)27)2-1-3-17(15)28-11-10-22-13-6-8-21-9-7-13/h1-3,13,16,21-22H,4-12H2,(H,23,25,26). The summed E-state index contributed by atoms with van der Waals surface area (Å²) < 4.78 is 0. The molecule has 0 saturated carbocycles. The maximum Gasteiger partial charge on any atom is 0.255 e. The van der Waals surface area contributed by atoms with Crippen molar-refractivity contribution in [2.75, 3.05) is 25.4 Å². The van der Waals surface area contributed by atoms with Gasteiger partial charge in [0.25, 0.3) is 5.91 Å². The van der Waals surface area contributed by atoms with E-state index in [4.69, 9.17) is 0 Å². The molecule has 0 spiro atoms. The summed E-state index contributed by atoms with van der Waals surface area (Å²) in [4.78, 5) is 39.2. The fraction of sp³-hybridized carbons (Fsp3) is 0.550. The molecule has 0 radical (unpaired) electrons. The van der Waals surface area contributed by atoms with Gasteiger partial charge in [0.2, 0.25) is 11.8 Å². The molecule has 3 aliphatic rings. The molecule has 8 heteroatoms. The van der Waals surface area contributed by atoms with Gasteiger partial charge in [-0.25, -0.2) is 0 Å². The summed E-state index contributed by atoms with van der Waals surface area (Å²) in [5.74, 6) is 0.202. The van der Waals surface area contributed by atoms with Crippen molar-refractivity contribution >= 4 is 29.5 Å². The van der Waals surface area contributed by atoms with E-state index in [9.17, 15) is 14.4 Å². The number of piperidine rings is 2. The van der Waals surface area contributed by atoms with E-state index in [0.29, 0.717) is 24.6 Å². The van der Waals surface area contributed by atoms with E-state index in [-0.39, 0.29) is 24.1 Å². The highest BCUT2D eigenvalue weighted by atomic mass is 32.2. The van der Waals surface area contributed by atoms with E-state index in [1.807, 2.05) is 12.1 Å². The highest BCUT2D eigenvalue weighted by molar-refractivity contribution is 7.99. The first-order valence-electron chi connectivity index (χ1n) is 9.97. The fourth-order valence-corrected chi connectivity index (χ4v) is 5.11. The minimum atomic E-state index is -0.558. The molecule has 1 aromatic rings. The van der Waals surface area contributed by atoms with Crippen LogP contribution in [0.5, 0.6) is 0 Å². The zero-order chi connectivity index (χ0) is 19.5. The number of carbonyl (C=O) groups excluding carboxylic acids is 3. The molecule has 4 rings (SSSR count). The first-order valence-corrected chi connectivity index (χ1v) is 11.0. The maximum atomic E-state index is 12.8. The van der Waals surface area contributed by atoms with Crippen molar-refractivity contribution in [2.45, 2.75) is 49.2 Å². The molecule has 28 heavy (non-hydrogen) atoms. The van der Waals surface area contributed by atoms with Crippen LogP contribution in [0.15, 0.2) is 23.1 Å². The number of nitrogens with zero attached hydrogens (tertiary/aromatic N) is 1. The summed E-state index contributed by atoms with van der Waals surface area (Å²) in [5.41, 5.74) is 1.69. The summed E-state index contributed by atoms with van der Waals surface area (Å²) >= 11 is 1.75. The Balaban J connectivity index is 1.37. The Morgan fingerprint density at radius 1 is 1.14 bits per heavy atom. The van der Waals surface area contributed by atoms with Crippen molar-refractivity contribution in [3.05, 3.63) is 29.3 Å². The second kappa shape index (κ2) is 8.63. The molecule has 1 aromatic carbocycles. The molecule has 1 unspecified atom stereocenters. The van der Waals surface area contributed by atoms with Crippen LogP contribution in [0.3, 0.4) is 0 Å². The number of carbonyl (C=O) groups is 3. The Kier molecular flexibility index (Phi) is 5.99. The minimum Gasteiger partial charge on any atom is -0.322 e. The third-order valence-corrected chi connectivity index (χ3v) is 6.77. The fourth-order valence-electron chi connectivity index (χ4n) is 4.14. The second-order valence-electron chi connectivity index (χ2n) is 7.51. The van der Waals surface area contributed by atoms with Gasteiger partial charge >= 0.3 is 0 Å². The van der Waals surface area contributed by atoms with Crippen molar-refractivity contribution in [1.82, 2.24) is 20.9 Å². The predicted octanol–water partition coefficient (Wildman–Crippen LogP) is 0.881. The van der Waals surface area contributed by atoms with Gasteiger partial charge in [-0.05, 0) is 50.0 Å². The summed E-state index contributed by atoms with van der Waals surface area (Å²) in [6, 6.07) is 5.83. The summed E-state index contributed by atoms with van der Waals surface area (Å²) in [6.07, 6.45) is 3.01. The van der Waals surface area contributed by atoms with Gasteiger partial charge < -0.3 is 15.5 Å². The number of thioether (sulfide) groups is 1. The van der Waals surface area contributed by atoms with Gasteiger partial charge in [0.05, 0.1) is 0 Å². The lowest BCUT2D eigenvalue weighted by Gasteiger charge is -2.29. The molecule has 0 aromatic heterocycles. The van der Waals surface area contributed by atoms with E-state index in [0.717, 1.165) is 35.8 Å². The number of hydrogen-bond acceptors (Lipinski definition) is 6. The maximum absolute atomic E-state index is 12.8. The molecule has 1 atom stereocenters. The van der Waals surface area contributed by atoms with Crippen molar-refractivity contribution in [3.63, 3.8) is 0 Å². The van der Waals surface area contributed by atoms with Crippen LogP contribution in [0.2, 0.25) is 0 Å². The molecule has 3 N–H and O–H groups in total. The number of hydrogen-bond donors (Lipinski definition) is 3. The molecule has 2 fully saturated rings. The number of imide groups is 1. The zero-order valence-electron chi connectivity index (χ0n) is 15.8. The first kappa shape index (κ1) is 19.4.